The third-order valence-electron chi connectivity index (χ3n) is 3.79. The van der Waals surface area contributed by atoms with Crippen molar-refractivity contribution >= 4 is 22.9 Å². The van der Waals surface area contributed by atoms with Crippen molar-refractivity contribution in [3.8, 4) is 27.8 Å². The fourth-order valence-corrected chi connectivity index (χ4v) is 3.27. The summed E-state index contributed by atoms with van der Waals surface area (Å²) in [6.45, 7) is 2.53. The average molecular weight is 384 g/mol. The molecule has 0 bridgehead atoms. The summed E-state index contributed by atoms with van der Waals surface area (Å²) in [5.41, 5.74) is 1.90. The first-order valence-electron chi connectivity index (χ1n) is 8.36. The summed E-state index contributed by atoms with van der Waals surface area (Å²) in [5.74, 6) is 1.76. The van der Waals surface area contributed by atoms with Gasteiger partial charge in [-0.25, -0.2) is 4.98 Å². The van der Waals surface area contributed by atoms with E-state index in [1.807, 2.05) is 37.3 Å². The van der Waals surface area contributed by atoms with E-state index in [0.717, 1.165) is 16.3 Å². The van der Waals surface area contributed by atoms with Crippen LogP contribution in [0.15, 0.2) is 47.8 Å². The standard InChI is InChI=1S/C20H20N2O4S/c1-4-26-15-8-6-14(7-9-15)21-19(23)16-12-27-20(22-16)13-5-10-17(24-2)18(11-13)25-3/h5-12H,4H2,1-3H3,(H,21,23). The SMILES string of the molecule is CCOc1ccc(NC(=O)c2csc(-c3ccc(OC)c(OC)c3)n2)cc1. The second-order valence-electron chi connectivity index (χ2n) is 5.52. The molecule has 6 nitrogen and oxygen atoms in total. The predicted octanol–water partition coefficient (Wildman–Crippen LogP) is 4.48. The topological polar surface area (TPSA) is 69.7 Å². The van der Waals surface area contributed by atoms with Crippen molar-refractivity contribution < 1.29 is 19.0 Å². The molecule has 1 aromatic heterocycles. The van der Waals surface area contributed by atoms with Crippen LogP contribution in [0.5, 0.6) is 17.2 Å². The molecule has 0 fully saturated rings. The lowest BCUT2D eigenvalue weighted by molar-refractivity contribution is 0.102. The van der Waals surface area contributed by atoms with Crippen LogP contribution in [0.1, 0.15) is 17.4 Å². The van der Waals surface area contributed by atoms with Gasteiger partial charge in [-0.05, 0) is 49.4 Å². The summed E-state index contributed by atoms with van der Waals surface area (Å²) in [5, 5.41) is 5.30. The summed E-state index contributed by atoms with van der Waals surface area (Å²) in [6, 6.07) is 12.8. The predicted molar refractivity (Wildman–Crippen MR) is 106 cm³/mol. The first-order valence-corrected chi connectivity index (χ1v) is 9.24. The Balaban J connectivity index is 1.74. The van der Waals surface area contributed by atoms with E-state index >= 15 is 0 Å². The van der Waals surface area contributed by atoms with Gasteiger partial charge in [-0.15, -0.1) is 11.3 Å². The minimum Gasteiger partial charge on any atom is -0.494 e. The highest BCUT2D eigenvalue weighted by Gasteiger charge is 2.14. The molecule has 3 aromatic rings. The Bertz CT molecular complexity index is 922. The zero-order chi connectivity index (χ0) is 19.2. The molecule has 2 aromatic carbocycles. The summed E-state index contributed by atoms with van der Waals surface area (Å²) >= 11 is 1.39. The van der Waals surface area contributed by atoms with Crippen LogP contribution in [0, 0.1) is 0 Å². The quantitative estimate of drug-likeness (QED) is 0.650. The van der Waals surface area contributed by atoms with Gasteiger partial charge in [-0.2, -0.15) is 0 Å². The maximum atomic E-state index is 12.5. The lowest BCUT2D eigenvalue weighted by Gasteiger charge is -2.08. The molecule has 0 aliphatic carbocycles. The molecule has 0 radical (unpaired) electrons. The average Bonchev–Trinajstić information content (AvgIpc) is 3.19. The van der Waals surface area contributed by atoms with Crippen LogP contribution in [0.2, 0.25) is 0 Å². The van der Waals surface area contributed by atoms with Crippen molar-refractivity contribution in [3.63, 3.8) is 0 Å². The number of carbonyl (C=O) groups excluding carboxylic acids is 1. The molecule has 0 unspecified atom stereocenters. The first kappa shape index (κ1) is 18.7. The summed E-state index contributed by atoms with van der Waals surface area (Å²) in [7, 11) is 3.17. The van der Waals surface area contributed by atoms with Gasteiger partial charge in [-0.1, -0.05) is 0 Å². The molecule has 0 atom stereocenters. The van der Waals surface area contributed by atoms with Crippen LogP contribution in [-0.4, -0.2) is 31.7 Å². The molecule has 0 saturated heterocycles. The fraction of sp³-hybridized carbons (Fsp3) is 0.200. The van der Waals surface area contributed by atoms with Crippen LogP contribution in [-0.2, 0) is 0 Å². The van der Waals surface area contributed by atoms with E-state index in [-0.39, 0.29) is 5.91 Å². The smallest absolute Gasteiger partial charge is 0.275 e. The second kappa shape index (κ2) is 8.55. The number of methoxy groups -OCH3 is 2. The maximum Gasteiger partial charge on any atom is 0.275 e. The van der Waals surface area contributed by atoms with Gasteiger partial charge in [0.25, 0.3) is 5.91 Å². The highest BCUT2D eigenvalue weighted by Crippen LogP contribution is 2.33. The lowest BCUT2D eigenvalue weighted by Crippen LogP contribution is -2.12. The van der Waals surface area contributed by atoms with E-state index in [1.54, 1.807) is 31.7 Å². The van der Waals surface area contributed by atoms with Crippen molar-refractivity contribution in [1.82, 2.24) is 4.98 Å². The molecule has 140 valence electrons. The maximum absolute atomic E-state index is 12.5. The Kier molecular flexibility index (Phi) is 5.93. The Morgan fingerprint density at radius 1 is 1.07 bits per heavy atom. The molecule has 27 heavy (non-hydrogen) atoms. The van der Waals surface area contributed by atoms with Gasteiger partial charge in [0.15, 0.2) is 11.5 Å². The number of aromatic nitrogens is 1. The number of benzene rings is 2. The van der Waals surface area contributed by atoms with E-state index in [9.17, 15) is 4.79 Å². The molecule has 1 N–H and O–H groups in total. The normalized spacial score (nSPS) is 10.3. The number of nitrogens with zero attached hydrogens (tertiary/aromatic N) is 1. The molecular formula is C20H20N2O4S. The van der Waals surface area contributed by atoms with E-state index in [0.29, 0.717) is 29.5 Å². The van der Waals surface area contributed by atoms with Crippen LogP contribution in [0.25, 0.3) is 10.6 Å². The molecule has 0 saturated carbocycles. The number of hydrogen-bond acceptors (Lipinski definition) is 6. The number of carbonyl (C=O) groups is 1. The summed E-state index contributed by atoms with van der Waals surface area (Å²) in [6.07, 6.45) is 0. The van der Waals surface area contributed by atoms with E-state index < -0.39 is 0 Å². The first-order chi connectivity index (χ1) is 13.1. The van der Waals surface area contributed by atoms with Crippen molar-refractivity contribution in [2.75, 3.05) is 26.1 Å². The molecule has 7 heteroatoms. The Labute approximate surface area is 161 Å². The van der Waals surface area contributed by atoms with Gasteiger partial charge in [-0.3, -0.25) is 4.79 Å². The monoisotopic (exact) mass is 384 g/mol. The van der Waals surface area contributed by atoms with E-state index in [2.05, 4.69) is 10.3 Å². The molecule has 1 amide bonds. The van der Waals surface area contributed by atoms with Crippen molar-refractivity contribution in [2.45, 2.75) is 6.92 Å². The number of ether oxygens (including phenoxy) is 3. The Morgan fingerprint density at radius 2 is 1.81 bits per heavy atom. The fourth-order valence-electron chi connectivity index (χ4n) is 2.48. The molecule has 3 rings (SSSR count). The van der Waals surface area contributed by atoms with Crippen LogP contribution in [0.4, 0.5) is 5.69 Å². The summed E-state index contributed by atoms with van der Waals surface area (Å²) in [4.78, 5) is 16.9. The van der Waals surface area contributed by atoms with Gasteiger partial charge < -0.3 is 19.5 Å². The third-order valence-corrected chi connectivity index (χ3v) is 4.68. The second-order valence-corrected chi connectivity index (χ2v) is 6.38. The zero-order valence-electron chi connectivity index (χ0n) is 15.3. The number of nitrogens with one attached hydrogen (secondary N) is 1. The molecule has 0 spiro atoms. The molecule has 0 aliphatic rings. The van der Waals surface area contributed by atoms with Crippen LogP contribution in [0.3, 0.4) is 0 Å². The highest BCUT2D eigenvalue weighted by molar-refractivity contribution is 7.13. The van der Waals surface area contributed by atoms with Crippen molar-refractivity contribution in [2.24, 2.45) is 0 Å². The van der Waals surface area contributed by atoms with Gasteiger partial charge in [0.05, 0.1) is 20.8 Å². The van der Waals surface area contributed by atoms with Gasteiger partial charge in [0, 0.05) is 16.6 Å². The molecule has 0 aliphatic heterocycles. The number of hydrogen-bond donors (Lipinski definition) is 1. The highest BCUT2D eigenvalue weighted by atomic mass is 32.1. The Morgan fingerprint density at radius 3 is 2.48 bits per heavy atom. The van der Waals surface area contributed by atoms with Gasteiger partial charge in [0.1, 0.15) is 16.5 Å². The van der Waals surface area contributed by atoms with E-state index in [4.69, 9.17) is 14.2 Å². The minimum absolute atomic E-state index is 0.262. The van der Waals surface area contributed by atoms with E-state index in [1.165, 1.54) is 11.3 Å². The van der Waals surface area contributed by atoms with Crippen molar-refractivity contribution in [3.05, 3.63) is 53.5 Å². The number of thiazole rings is 1. The molecular weight excluding hydrogens is 364 g/mol. The lowest BCUT2D eigenvalue weighted by atomic mass is 10.2. The summed E-state index contributed by atoms with van der Waals surface area (Å²) < 4.78 is 16.0. The molecule has 1 heterocycles. The van der Waals surface area contributed by atoms with Crippen molar-refractivity contribution in [1.29, 1.82) is 0 Å². The Hall–Kier alpha value is -3.06. The number of anilines is 1. The largest absolute Gasteiger partial charge is 0.494 e. The van der Waals surface area contributed by atoms with Crippen LogP contribution >= 0.6 is 11.3 Å². The van der Waals surface area contributed by atoms with Crippen LogP contribution < -0.4 is 19.5 Å². The van der Waals surface area contributed by atoms with Gasteiger partial charge >= 0.3 is 0 Å². The third kappa shape index (κ3) is 4.38. The number of amides is 1. The minimum atomic E-state index is -0.262. The zero-order valence-corrected chi connectivity index (χ0v) is 16.1. The number of rotatable bonds is 7. The van der Waals surface area contributed by atoms with Gasteiger partial charge in [0.2, 0.25) is 0 Å².